The summed E-state index contributed by atoms with van der Waals surface area (Å²) in [6.07, 6.45) is 0. The molecule has 0 fully saturated rings. The molecule has 0 aliphatic rings. The molecule has 1 rings (SSSR count). The van der Waals surface area contributed by atoms with E-state index in [2.05, 4.69) is 0 Å². The maximum absolute atomic E-state index is 13.1. The summed E-state index contributed by atoms with van der Waals surface area (Å²) in [6, 6.07) is 2.55. The Morgan fingerprint density at radius 2 is 2.20 bits per heavy atom. The number of alkyl halides is 1. The van der Waals surface area contributed by atoms with Gasteiger partial charge in [0.1, 0.15) is 5.82 Å². The van der Waals surface area contributed by atoms with Gasteiger partial charge in [-0.1, -0.05) is 0 Å². The SMILES string of the molecule is O=C(O)C(Cl)c1cc([N+](=O)[O-])ccc1F. The van der Waals surface area contributed by atoms with Gasteiger partial charge in [-0.25, -0.2) is 4.39 Å². The number of hydrogen-bond donors (Lipinski definition) is 1. The number of carboxylic acid groups (broad SMARTS) is 1. The molecule has 1 atom stereocenters. The van der Waals surface area contributed by atoms with Crippen molar-refractivity contribution in [3.05, 3.63) is 39.7 Å². The topological polar surface area (TPSA) is 80.4 Å². The first-order chi connectivity index (χ1) is 6.93. The second kappa shape index (κ2) is 4.22. The number of hydrogen-bond acceptors (Lipinski definition) is 3. The number of carbonyl (C=O) groups is 1. The van der Waals surface area contributed by atoms with Crippen LogP contribution in [0.4, 0.5) is 10.1 Å². The highest BCUT2D eigenvalue weighted by Gasteiger charge is 2.22. The molecule has 0 heterocycles. The van der Waals surface area contributed by atoms with Crippen molar-refractivity contribution in [2.75, 3.05) is 0 Å². The summed E-state index contributed by atoms with van der Waals surface area (Å²) >= 11 is 5.36. The number of halogens is 2. The molecule has 0 spiro atoms. The van der Waals surface area contributed by atoms with Crippen molar-refractivity contribution in [3.8, 4) is 0 Å². The van der Waals surface area contributed by atoms with Crippen molar-refractivity contribution >= 4 is 23.3 Å². The van der Waals surface area contributed by atoms with E-state index in [1.54, 1.807) is 0 Å². The molecule has 80 valence electrons. The highest BCUT2D eigenvalue weighted by atomic mass is 35.5. The third kappa shape index (κ3) is 2.41. The van der Waals surface area contributed by atoms with Crippen LogP contribution in [0.15, 0.2) is 18.2 Å². The molecule has 0 bridgehead atoms. The summed E-state index contributed by atoms with van der Waals surface area (Å²) in [5.74, 6) is -2.35. The first kappa shape index (κ1) is 11.4. The van der Waals surface area contributed by atoms with Gasteiger partial charge in [0.25, 0.3) is 5.69 Å². The fourth-order valence-corrected chi connectivity index (χ4v) is 1.14. The van der Waals surface area contributed by atoms with Gasteiger partial charge in [-0.15, -0.1) is 11.6 Å². The van der Waals surface area contributed by atoms with Gasteiger partial charge < -0.3 is 5.11 Å². The molecule has 1 aromatic rings. The number of non-ortho nitro benzene ring substituents is 1. The summed E-state index contributed by atoms with van der Waals surface area (Å²) in [7, 11) is 0. The highest BCUT2D eigenvalue weighted by Crippen LogP contribution is 2.27. The van der Waals surface area contributed by atoms with E-state index in [1.807, 2.05) is 0 Å². The van der Waals surface area contributed by atoms with Crippen LogP contribution in [0.3, 0.4) is 0 Å². The lowest BCUT2D eigenvalue weighted by atomic mass is 10.1. The lowest BCUT2D eigenvalue weighted by Gasteiger charge is -2.05. The normalized spacial score (nSPS) is 12.1. The van der Waals surface area contributed by atoms with Crippen LogP contribution in [0.5, 0.6) is 0 Å². The van der Waals surface area contributed by atoms with Crippen molar-refractivity contribution in [3.63, 3.8) is 0 Å². The van der Waals surface area contributed by atoms with Crippen LogP contribution >= 0.6 is 11.6 Å². The van der Waals surface area contributed by atoms with E-state index in [0.29, 0.717) is 0 Å². The molecule has 1 unspecified atom stereocenters. The van der Waals surface area contributed by atoms with Crippen LogP contribution in [-0.4, -0.2) is 16.0 Å². The number of rotatable bonds is 3. The van der Waals surface area contributed by atoms with E-state index in [9.17, 15) is 19.3 Å². The molecule has 7 heteroatoms. The average molecular weight is 234 g/mol. The second-order valence-corrected chi connectivity index (χ2v) is 3.10. The standard InChI is InChI=1S/C8H5ClFNO4/c9-7(8(12)13)5-3-4(11(14)15)1-2-6(5)10/h1-3,7H,(H,12,13). The fraction of sp³-hybridized carbons (Fsp3) is 0.125. The van der Waals surface area contributed by atoms with Crippen LogP contribution in [0.1, 0.15) is 10.9 Å². The van der Waals surface area contributed by atoms with Crippen LogP contribution in [0, 0.1) is 15.9 Å². The number of carboxylic acids is 1. The molecule has 0 radical (unpaired) electrons. The Labute approximate surface area is 88.2 Å². The first-order valence-electron chi connectivity index (χ1n) is 3.74. The van der Waals surface area contributed by atoms with E-state index in [-0.39, 0.29) is 0 Å². The van der Waals surface area contributed by atoms with Gasteiger partial charge in [0, 0.05) is 17.7 Å². The van der Waals surface area contributed by atoms with Gasteiger partial charge in [-0.3, -0.25) is 14.9 Å². The lowest BCUT2D eigenvalue weighted by Crippen LogP contribution is -2.07. The Kier molecular flexibility index (Phi) is 3.21. The van der Waals surface area contributed by atoms with Gasteiger partial charge in [0.2, 0.25) is 0 Å². The molecule has 1 aromatic carbocycles. The van der Waals surface area contributed by atoms with Crippen molar-refractivity contribution in [2.45, 2.75) is 5.38 Å². The lowest BCUT2D eigenvalue weighted by molar-refractivity contribution is -0.385. The number of benzene rings is 1. The molecule has 15 heavy (non-hydrogen) atoms. The van der Waals surface area contributed by atoms with Gasteiger partial charge in [-0.2, -0.15) is 0 Å². The number of nitrogens with zero attached hydrogens (tertiary/aromatic N) is 1. The van der Waals surface area contributed by atoms with Gasteiger partial charge >= 0.3 is 5.97 Å². The van der Waals surface area contributed by atoms with Crippen LogP contribution < -0.4 is 0 Å². The van der Waals surface area contributed by atoms with Crippen molar-refractivity contribution in [1.29, 1.82) is 0 Å². The van der Waals surface area contributed by atoms with Crippen molar-refractivity contribution in [1.82, 2.24) is 0 Å². The highest BCUT2D eigenvalue weighted by molar-refractivity contribution is 6.29. The number of aliphatic carboxylic acids is 1. The summed E-state index contributed by atoms with van der Waals surface area (Å²) < 4.78 is 13.1. The average Bonchev–Trinajstić information content (AvgIpc) is 2.16. The smallest absolute Gasteiger partial charge is 0.326 e. The summed E-state index contributed by atoms with van der Waals surface area (Å²) in [5.41, 5.74) is -0.823. The minimum absolute atomic E-state index is 0.404. The molecule has 5 nitrogen and oxygen atoms in total. The predicted octanol–water partition coefficient (Wildman–Crippen LogP) is 2.10. The van der Waals surface area contributed by atoms with Crippen LogP contribution in [-0.2, 0) is 4.79 Å². The van der Waals surface area contributed by atoms with E-state index in [4.69, 9.17) is 16.7 Å². The Morgan fingerprint density at radius 3 is 2.67 bits per heavy atom. The summed E-state index contributed by atoms with van der Waals surface area (Å²) in [4.78, 5) is 20.1. The molecule has 0 amide bonds. The largest absolute Gasteiger partial charge is 0.480 e. The van der Waals surface area contributed by atoms with Crippen LogP contribution in [0.25, 0.3) is 0 Å². The molecular formula is C8H5ClFNO4. The van der Waals surface area contributed by atoms with Gasteiger partial charge in [0.15, 0.2) is 5.38 Å². The van der Waals surface area contributed by atoms with Crippen LogP contribution in [0.2, 0.25) is 0 Å². The van der Waals surface area contributed by atoms with E-state index < -0.39 is 33.3 Å². The monoisotopic (exact) mass is 233 g/mol. The fourth-order valence-electron chi connectivity index (χ4n) is 0.972. The Balaban J connectivity index is 3.22. The third-order valence-electron chi connectivity index (χ3n) is 1.68. The molecule has 0 aliphatic carbocycles. The van der Waals surface area contributed by atoms with E-state index in [0.717, 1.165) is 18.2 Å². The minimum Gasteiger partial charge on any atom is -0.480 e. The molecular weight excluding hydrogens is 229 g/mol. The van der Waals surface area contributed by atoms with Crippen molar-refractivity contribution < 1.29 is 19.2 Å². The maximum atomic E-state index is 13.1. The molecule has 0 aromatic heterocycles. The number of nitro benzene ring substituents is 1. The first-order valence-corrected chi connectivity index (χ1v) is 4.18. The molecule has 0 aliphatic heterocycles. The summed E-state index contributed by atoms with van der Waals surface area (Å²) in [6.45, 7) is 0. The van der Waals surface area contributed by atoms with E-state index >= 15 is 0 Å². The zero-order valence-corrected chi connectivity index (χ0v) is 7.94. The quantitative estimate of drug-likeness (QED) is 0.492. The van der Waals surface area contributed by atoms with Crippen molar-refractivity contribution in [2.24, 2.45) is 0 Å². The Morgan fingerprint density at radius 1 is 1.60 bits per heavy atom. The predicted molar refractivity (Wildman–Crippen MR) is 49.3 cm³/mol. The van der Waals surface area contributed by atoms with Gasteiger partial charge in [0.05, 0.1) is 4.92 Å². The zero-order valence-electron chi connectivity index (χ0n) is 7.18. The molecule has 1 N–H and O–H groups in total. The second-order valence-electron chi connectivity index (χ2n) is 2.66. The minimum atomic E-state index is -1.63. The zero-order chi connectivity index (χ0) is 11.6. The van der Waals surface area contributed by atoms with Gasteiger partial charge in [-0.05, 0) is 6.07 Å². The molecule has 0 saturated heterocycles. The third-order valence-corrected chi connectivity index (χ3v) is 2.10. The van der Waals surface area contributed by atoms with E-state index in [1.165, 1.54) is 0 Å². The molecule has 0 saturated carbocycles. The number of nitro groups is 1. The Bertz CT molecular complexity index is 423. The maximum Gasteiger partial charge on any atom is 0.326 e. The summed E-state index contributed by atoms with van der Waals surface area (Å²) in [5, 5.41) is 17.2. The Hall–Kier alpha value is -1.69.